The molecule has 0 radical (unpaired) electrons. The molecule has 8 heteroatoms. The fourth-order valence-corrected chi connectivity index (χ4v) is 2.11. The highest BCUT2D eigenvalue weighted by Gasteiger charge is 2.35. The number of hydrogen-bond donors (Lipinski definition) is 2. The number of non-ortho nitro benzene ring substituents is 1. The zero-order valence-corrected chi connectivity index (χ0v) is 9.65. The lowest BCUT2D eigenvalue weighted by atomic mass is 9.94. The van der Waals surface area contributed by atoms with E-state index >= 15 is 0 Å². The first-order valence-electron chi connectivity index (χ1n) is 5.38. The molecule has 8 nitrogen and oxygen atoms in total. The van der Waals surface area contributed by atoms with E-state index in [1.807, 2.05) is 0 Å². The summed E-state index contributed by atoms with van der Waals surface area (Å²) >= 11 is 0. The maximum absolute atomic E-state index is 11.0. The van der Waals surface area contributed by atoms with Crippen molar-refractivity contribution < 1.29 is 24.7 Å². The van der Waals surface area contributed by atoms with Crippen molar-refractivity contribution in [3.05, 3.63) is 39.4 Å². The Morgan fingerprint density at radius 2 is 2.00 bits per heavy atom. The van der Waals surface area contributed by atoms with Crippen LogP contribution in [0.1, 0.15) is 11.1 Å². The molecule has 19 heavy (non-hydrogen) atoms. The summed E-state index contributed by atoms with van der Waals surface area (Å²) < 4.78 is 0. The lowest BCUT2D eigenvalue weighted by molar-refractivity contribution is -0.385. The number of nitrogens with zero attached hydrogens (tertiary/aromatic N) is 2. The predicted octanol–water partition coefficient (Wildman–Crippen LogP) is 1.08. The molecule has 0 saturated heterocycles. The number of amides is 1. The van der Waals surface area contributed by atoms with Gasteiger partial charge in [0.1, 0.15) is 6.04 Å². The third kappa shape index (κ3) is 2.32. The minimum atomic E-state index is -1.36. The summed E-state index contributed by atoms with van der Waals surface area (Å²) in [6.07, 6.45) is -1.35. The number of fused-ring (bicyclic) bond motifs is 1. The van der Waals surface area contributed by atoms with Gasteiger partial charge in [-0.3, -0.25) is 15.0 Å². The molecule has 2 rings (SSSR count). The van der Waals surface area contributed by atoms with Crippen LogP contribution in [-0.2, 0) is 17.8 Å². The van der Waals surface area contributed by atoms with Crippen LogP contribution in [-0.4, -0.2) is 38.1 Å². The zero-order chi connectivity index (χ0) is 14.2. The molecule has 0 aromatic heterocycles. The van der Waals surface area contributed by atoms with Crippen LogP contribution in [0, 0.1) is 10.1 Å². The monoisotopic (exact) mass is 266 g/mol. The van der Waals surface area contributed by atoms with Gasteiger partial charge in [0.15, 0.2) is 0 Å². The van der Waals surface area contributed by atoms with Crippen molar-refractivity contribution in [3.8, 4) is 0 Å². The first-order valence-corrected chi connectivity index (χ1v) is 5.38. The molecular formula is C11H10N2O6. The summed E-state index contributed by atoms with van der Waals surface area (Å²) in [7, 11) is 0. The van der Waals surface area contributed by atoms with Crippen LogP contribution < -0.4 is 0 Å². The minimum absolute atomic E-state index is 0.00889. The molecule has 0 fully saturated rings. The largest absolute Gasteiger partial charge is 0.480 e. The van der Waals surface area contributed by atoms with E-state index in [1.54, 1.807) is 0 Å². The SMILES string of the molecule is O=C(O)[C@@H]1Cc2ccc([N+](=O)[O-])cc2CN1C(=O)O. The van der Waals surface area contributed by atoms with Gasteiger partial charge in [-0.1, -0.05) is 6.07 Å². The Morgan fingerprint density at radius 1 is 1.32 bits per heavy atom. The Hall–Kier alpha value is -2.64. The van der Waals surface area contributed by atoms with Crippen molar-refractivity contribution in [1.82, 2.24) is 4.90 Å². The van der Waals surface area contributed by atoms with Crippen molar-refractivity contribution in [3.63, 3.8) is 0 Å². The maximum Gasteiger partial charge on any atom is 0.408 e. The quantitative estimate of drug-likeness (QED) is 0.610. The van der Waals surface area contributed by atoms with Gasteiger partial charge in [-0.05, 0) is 11.1 Å². The van der Waals surface area contributed by atoms with Gasteiger partial charge in [-0.15, -0.1) is 0 Å². The standard InChI is InChI=1S/C11H10N2O6/c14-10(15)9-4-6-1-2-8(13(18)19)3-7(6)5-12(9)11(16)17/h1-3,9H,4-5H2,(H,14,15)(H,16,17)/t9-/m0/s1. The van der Waals surface area contributed by atoms with E-state index in [0.29, 0.717) is 11.1 Å². The second kappa shape index (κ2) is 4.56. The lowest BCUT2D eigenvalue weighted by Crippen LogP contribution is -2.48. The van der Waals surface area contributed by atoms with Gasteiger partial charge in [0.25, 0.3) is 5.69 Å². The average Bonchev–Trinajstić information content (AvgIpc) is 2.36. The smallest absolute Gasteiger partial charge is 0.408 e. The predicted molar refractivity (Wildman–Crippen MR) is 61.8 cm³/mol. The Balaban J connectivity index is 2.41. The fourth-order valence-electron chi connectivity index (χ4n) is 2.11. The molecule has 0 saturated carbocycles. The third-order valence-electron chi connectivity index (χ3n) is 3.06. The molecule has 0 bridgehead atoms. The number of benzene rings is 1. The van der Waals surface area contributed by atoms with Crippen molar-refractivity contribution in [2.24, 2.45) is 0 Å². The number of hydrogen-bond acceptors (Lipinski definition) is 4. The van der Waals surface area contributed by atoms with E-state index < -0.39 is 23.0 Å². The summed E-state index contributed by atoms with van der Waals surface area (Å²) in [5, 5.41) is 28.7. The summed E-state index contributed by atoms with van der Waals surface area (Å²) in [5.74, 6) is -1.23. The molecule has 1 atom stereocenters. The number of carboxylic acid groups (broad SMARTS) is 2. The average molecular weight is 266 g/mol. The van der Waals surface area contributed by atoms with E-state index in [9.17, 15) is 19.7 Å². The second-order valence-corrected chi connectivity index (χ2v) is 4.18. The van der Waals surface area contributed by atoms with Crippen LogP contribution in [0.4, 0.5) is 10.5 Å². The van der Waals surface area contributed by atoms with Crippen LogP contribution in [0.15, 0.2) is 18.2 Å². The maximum atomic E-state index is 11.0. The highest BCUT2D eigenvalue weighted by atomic mass is 16.6. The van der Waals surface area contributed by atoms with Crippen LogP contribution in [0.5, 0.6) is 0 Å². The van der Waals surface area contributed by atoms with Crippen LogP contribution in [0.2, 0.25) is 0 Å². The van der Waals surface area contributed by atoms with Gasteiger partial charge in [-0.25, -0.2) is 9.59 Å². The molecule has 1 aromatic rings. The van der Waals surface area contributed by atoms with E-state index in [-0.39, 0.29) is 18.7 Å². The van der Waals surface area contributed by atoms with Crippen LogP contribution >= 0.6 is 0 Å². The number of aliphatic carboxylic acids is 1. The first kappa shape index (κ1) is 12.8. The highest BCUT2D eigenvalue weighted by molar-refractivity contribution is 5.80. The fraction of sp³-hybridized carbons (Fsp3) is 0.273. The molecule has 1 aromatic carbocycles. The van der Waals surface area contributed by atoms with Crippen LogP contribution in [0.25, 0.3) is 0 Å². The number of nitro benzene ring substituents is 1. The van der Waals surface area contributed by atoms with Gasteiger partial charge >= 0.3 is 12.1 Å². The van der Waals surface area contributed by atoms with Crippen molar-refractivity contribution >= 4 is 17.7 Å². The van der Waals surface area contributed by atoms with E-state index in [0.717, 1.165) is 4.90 Å². The molecule has 0 aliphatic carbocycles. The van der Waals surface area contributed by atoms with E-state index in [2.05, 4.69) is 0 Å². The molecule has 0 spiro atoms. The highest BCUT2D eigenvalue weighted by Crippen LogP contribution is 2.27. The van der Waals surface area contributed by atoms with Gasteiger partial charge in [0.05, 0.1) is 11.5 Å². The number of nitro groups is 1. The Morgan fingerprint density at radius 3 is 2.53 bits per heavy atom. The Labute approximate surface area is 107 Å². The van der Waals surface area contributed by atoms with Gasteiger partial charge < -0.3 is 10.2 Å². The number of carboxylic acids is 1. The van der Waals surface area contributed by atoms with Gasteiger partial charge in [0.2, 0.25) is 0 Å². The Kier molecular flexibility index (Phi) is 3.07. The Bertz CT molecular complexity index is 570. The first-order chi connectivity index (χ1) is 8.90. The van der Waals surface area contributed by atoms with Gasteiger partial charge in [-0.2, -0.15) is 0 Å². The van der Waals surface area contributed by atoms with Crippen LogP contribution in [0.3, 0.4) is 0 Å². The molecular weight excluding hydrogens is 256 g/mol. The summed E-state index contributed by atoms with van der Waals surface area (Å²) in [4.78, 5) is 32.9. The number of carbonyl (C=O) groups is 2. The molecule has 100 valence electrons. The van der Waals surface area contributed by atoms with E-state index in [1.165, 1.54) is 18.2 Å². The molecule has 1 aliphatic heterocycles. The summed E-state index contributed by atoms with van der Waals surface area (Å²) in [5.41, 5.74) is 0.947. The normalized spacial score (nSPS) is 17.7. The molecule has 1 aliphatic rings. The topological polar surface area (TPSA) is 121 Å². The molecule has 2 N–H and O–H groups in total. The lowest BCUT2D eigenvalue weighted by Gasteiger charge is -2.32. The molecule has 1 heterocycles. The van der Waals surface area contributed by atoms with E-state index in [4.69, 9.17) is 10.2 Å². The van der Waals surface area contributed by atoms with Crippen molar-refractivity contribution in [2.45, 2.75) is 19.0 Å². The molecule has 1 amide bonds. The third-order valence-corrected chi connectivity index (χ3v) is 3.06. The zero-order valence-electron chi connectivity index (χ0n) is 9.65. The minimum Gasteiger partial charge on any atom is -0.480 e. The summed E-state index contributed by atoms with van der Waals surface area (Å²) in [6, 6.07) is 2.88. The number of rotatable bonds is 2. The second-order valence-electron chi connectivity index (χ2n) is 4.18. The van der Waals surface area contributed by atoms with Crippen molar-refractivity contribution in [1.29, 1.82) is 0 Å². The van der Waals surface area contributed by atoms with Gasteiger partial charge in [0, 0.05) is 18.6 Å². The molecule has 0 unspecified atom stereocenters. The summed E-state index contributed by atoms with van der Waals surface area (Å²) in [6.45, 7) is -0.163. The van der Waals surface area contributed by atoms with Crippen molar-refractivity contribution in [2.75, 3.05) is 0 Å².